The van der Waals surface area contributed by atoms with E-state index in [9.17, 15) is 14.9 Å². The van der Waals surface area contributed by atoms with E-state index in [0.717, 1.165) is 33.5 Å². The van der Waals surface area contributed by atoms with Crippen LogP contribution >= 0.6 is 11.6 Å². The molecule has 1 atom stereocenters. The van der Waals surface area contributed by atoms with E-state index in [0.29, 0.717) is 23.6 Å². The van der Waals surface area contributed by atoms with Crippen molar-refractivity contribution in [1.29, 1.82) is 0 Å². The van der Waals surface area contributed by atoms with Crippen molar-refractivity contribution < 1.29 is 14.5 Å². The van der Waals surface area contributed by atoms with E-state index in [1.807, 2.05) is 18.2 Å². The van der Waals surface area contributed by atoms with Crippen molar-refractivity contribution in [1.82, 2.24) is 9.88 Å². The Balaban J connectivity index is 1.65. The molecular weight excluding hydrogens is 442 g/mol. The Morgan fingerprint density at radius 1 is 1.12 bits per heavy atom. The van der Waals surface area contributed by atoms with E-state index in [4.69, 9.17) is 16.3 Å². The molecule has 0 fully saturated rings. The largest absolute Gasteiger partial charge is 0.497 e. The van der Waals surface area contributed by atoms with Crippen LogP contribution in [0.5, 0.6) is 5.75 Å². The van der Waals surface area contributed by atoms with Gasteiger partial charge in [-0.05, 0) is 72.1 Å². The molecule has 0 radical (unpaired) electrons. The number of ether oxygens (including phenoxy) is 1. The number of fused-ring (bicyclic) bond motifs is 3. The average molecular weight is 462 g/mol. The lowest BCUT2D eigenvalue weighted by atomic mass is 9.91. The second kappa shape index (κ2) is 8.26. The summed E-state index contributed by atoms with van der Waals surface area (Å²) in [6.45, 7) is 0.500. The first kappa shape index (κ1) is 21.0. The number of aromatic amines is 1. The highest BCUT2D eigenvalue weighted by Gasteiger charge is 2.35. The summed E-state index contributed by atoms with van der Waals surface area (Å²) in [5.74, 6) is 0.632. The fraction of sp³-hybridized carbons (Fsp3) is 0.160. The van der Waals surface area contributed by atoms with Crippen molar-refractivity contribution in [3.8, 4) is 5.75 Å². The van der Waals surface area contributed by atoms with Crippen LogP contribution in [-0.2, 0) is 6.42 Å². The molecule has 1 aromatic heterocycles. The Hall–Kier alpha value is -3.84. The molecule has 7 nitrogen and oxygen atoms in total. The standard InChI is InChI=1S/C25H20ClN3O4/c1-33-19-10-11-22-21(14-19)20-12-13-28(25(30)16-2-6-17(26)7-3-16)24(23(20)27-22)15-4-8-18(9-5-15)29(31)32/h2-11,14,24,27H,12-13H2,1H3/t24-/m1/s1. The summed E-state index contributed by atoms with van der Waals surface area (Å²) in [6, 6.07) is 18.6. The number of methoxy groups -OCH3 is 1. The first-order valence-corrected chi connectivity index (χ1v) is 10.8. The van der Waals surface area contributed by atoms with Crippen molar-refractivity contribution in [3.05, 3.63) is 104 Å². The number of nitrogens with zero attached hydrogens (tertiary/aromatic N) is 2. The Morgan fingerprint density at radius 3 is 2.52 bits per heavy atom. The number of nitro groups is 1. The maximum atomic E-state index is 13.5. The summed E-state index contributed by atoms with van der Waals surface area (Å²) in [5, 5.41) is 12.8. The van der Waals surface area contributed by atoms with Crippen LogP contribution in [0, 0.1) is 10.1 Å². The van der Waals surface area contributed by atoms with E-state index >= 15 is 0 Å². The van der Waals surface area contributed by atoms with Gasteiger partial charge in [0.25, 0.3) is 11.6 Å². The molecule has 8 heteroatoms. The van der Waals surface area contributed by atoms with Crippen molar-refractivity contribution in [2.45, 2.75) is 12.5 Å². The Labute approximate surface area is 194 Å². The Morgan fingerprint density at radius 2 is 1.85 bits per heavy atom. The molecule has 0 unspecified atom stereocenters. The van der Waals surface area contributed by atoms with Crippen LogP contribution in [0.4, 0.5) is 5.69 Å². The second-order valence-corrected chi connectivity index (χ2v) is 8.37. The van der Waals surface area contributed by atoms with Gasteiger partial charge in [-0.15, -0.1) is 0 Å². The van der Waals surface area contributed by atoms with Gasteiger partial charge >= 0.3 is 0 Å². The van der Waals surface area contributed by atoms with E-state index in [1.165, 1.54) is 12.1 Å². The van der Waals surface area contributed by atoms with Gasteiger partial charge in [-0.1, -0.05) is 11.6 Å². The lowest BCUT2D eigenvalue weighted by molar-refractivity contribution is -0.384. The number of amides is 1. The molecule has 0 saturated carbocycles. The van der Waals surface area contributed by atoms with Crippen LogP contribution < -0.4 is 4.74 Å². The number of hydrogen-bond donors (Lipinski definition) is 1. The van der Waals surface area contributed by atoms with Crippen molar-refractivity contribution in [3.63, 3.8) is 0 Å². The first-order chi connectivity index (χ1) is 16.0. The van der Waals surface area contributed by atoms with Gasteiger partial charge in [-0.25, -0.2) is 0 Å². The SMILES string of the molecule is COc1ccc2[nH]c3c(c2c1)CCN(C(=O)c1ccc(Cl)cc1)[C@@H]3c1ccc([N+](=O)[O-])cc1. The quantitative estimate of drug-likeness (QED) is 0.320. The number of aromatic nitrogens is 1. The van der Waals surface area contributed by atoms with Gasteiger partial charge in [0.05, 0.1) is 18.1 Å². The van der Waals surface area contributed by atoms with Crippen LogP contribution in [0.15, 0.2) is 66.7 Å². The third-order valence-electron chi connectivity index (χ3n) is 6.11. The Kier molecular flexibility index (Phi) is 5.26. The molecule has 1 N–H and O–H groups in total. The molecule has 33 heavy (non-hydrogen) atoms. The number of rotatable bonds is 4. The van der Waals surface area contributed by atoms with Gasteiger partial charge in [0.15, 0.2) is 0 Å². The van der Waals surface area contributed by atoms with E-state index in [1.54, 1.807) is 48.4 Å². The van der Waals surface area contributed by atoms with E-state index in [-0.39, 0.29) is 11.6 Å². The molecule has 0 spiro atoms. The van der Waals surface area contributed by atoms with Gasteiger partial charge in [0.1, 0.15) is 5.75 Å². The number of halogens is 1. The highest BCUT2D eigenvalue weighted by molar-refractivity contribution is 6.30. The lowest BCUT2D eigenvalue weighted by Crippen LogP contribution is -2.40. The van der Waals surface area contributed by atoms with Gasteiger partial charge < -0.3 is 14.6 Å². The summed E-state index contributed by atoms with van der Waals surface area (Å²) in [6.07, 6.45) is 0.672. The number of hydrogen-bond acceptors (Lipinski definition) is 4. The monoisotopic (exact) mass is 461 g/mol. The maximum Gasteiger partial charge on any atom is 0.269 e. The molecular formula is C25H20ClN3O4. The lowest BCUT2D eigenvalue weighted by Gasteiger charge is -2.36. The molecule has 1 aliphatic rings. The molecule has 5 rings (SSSR count). The summed E-state index contributed by atoms with van der Waals surface area (Å²) in [5.41, 5.74) is 4.31. The van der Waals surface area contributed by atoms with Crippen LogP contribution in [0.3, 0.4) is 0 Å². The van der Waals surface area contributed by atoms with Gasteiger partial charge in [-0.3, -0.25) is 14.9 Å². The van der Waals surface area contributed by atoms with E-state index < -0.39 is 11.0 Å². The number of H-pyrrole nitrogens is 1. The predicted molar refractivity (Wildman–Crippen MR) is 126 cm³/mol. The van der Waals surface area contributed by atoms with Crippen LogP contribution in [0.1, 0.15) is 33.2 Å². The van der Waals surface area contributed by atoms with Crippen molar-refractivity contribution in [2.24, 2.45) is 0 Å². The highest BCUT2D eigenvalue weighted by atomic mass is 35.5. The van der Waals surface area contributed by atoms with E-state index in [2.05, 4.69) is 4.98 Å². The highest BCUT2D eigenvalue weighted by Crippen LogP contribution is 2.40. The number of benzene rings is 3. The van der Waals surface area contributed by atoms with Gasteiger partial charge in [0, 0.05) is 45.9 Å². The van der Waals surface area contributed by atoms with Gasteiger partial charge in [0.2, 0.25) is 0 Å². The summed E-state index contributed by atoms with van der Waals surface area (Å²) in [4.78, 5) is 29.6. The smallest absolute Gasteiger partial charge is 0.269 e. The molecule has 3 aromatic carbocycles. The number of non-ortho nitro benzene ring substituents is 1. The van der Waals surface area contributed by atoms with Gasteiger partial charge in [-0.2, -0.15) is 0 Å². The summed E-state index contributed by atoms with van der Waals surface area (Å²) >= 11 is 6.01. The number of nitrogens with one attached hydrogen (secondary N) is 1. The minimum Gasteiger partial charge on any atom is -0.497 e. The van der Waals surface area contributed by atoms with Crippen LogP contribution in [-0.4, -0.2) is 34.4 Å². The summed E-state index contributed by atoms with van der Waals surface area (Å²) < 4.78 is 5.40. The minimum absolute atomic E-state index is 0.00624. The fourth-order valence-corrected chi connectivity index (χ4v) is 4.62. The molecule has 166 valence electrons. The predicted octanol–water partition coefficient (Wildman–Crippen LogP) is 5.53. The fourth-order valence-electron chi connectivity index (χ4n) is 4.50. The zero-order valence-corrected chi connectivity index (χ0v) is 18.5. The topological polar surface area (TPSA) is 88.5 Å². The van der Waals surface area contributed by atoms with Crippen molar-refractivity contribution >= 4 is 34.1 Å². The second-order valence-electron chi connectivity index (χ2n) is 7.94. The minimum atomic E-state index is -0.429. The molecule has 4 aromatic rings. The third-order valence-corrected chi connectivity index (χ3v) is 6.36. The summed E-state index contributed by atoms with van der Waals surface area (Å²) in [7, 11) is 1.63. The zero-order chi connectivity index (χ0) is 23.1. The number of carbonyl (C=O) groups is 1. The molecule has 1 amide bonds. The van der Waals surface area contributed by atoms with Crippen molar-refractivity contribution in [2.75, 3.05) is 13.7 Å². The molecule has 1 aliphatic heterocycles. The number of carbonyl (C=O) groups excluding carboxylic acids is 1. The molecule has 0 saturated heterocycles. The molecule has 0 aliphatic carbocycles. The number of nitro benzene ring substituents is 1. The molecule has 0 bridgehead atoms. The normalized spacial score (nSPS) is 15.3. The zero-order valence-electron chi connectivity index (χ0n) is 17.7. The third kappa shape index (κ3) is 3.70. The average Bonchev–Trinajstić information content (AvgIpc) is 3.21. The van der Waals surface area contributed by atoms with Crippen LogP contribution in [0.2, 0.25) is 5.02 Å². The molecule has 2 heterocycles. The Bertz CT molecular complexity index is 1360. The maximum absolute atomic E-state index is 13.5. The first-order valence-electron chi connectivity index (χ1n) is 10.5. The van der Waals surface area contributed by atoms with Crippen LogP contribution in [0.25, 0.3) is 10.9 Å².